The summed E-state index contributed by atoms with van der Waals surface area (Å²) in [6.07, 6.45) is 5.68. The van der Waals surface area contributed by atoms with E-state index < -0.39 is 0 Å². The van der Waals surface area contributed by atoms with Gasteiger partial charge in [0.25, 0.3) is 0 Å². The van der Waals surface area contributed by atoms with Crippen molar-refractivity contribution in [3.05, 3.63) is 18.0 Å². The average Bonchev–Trinajstić information content (AvgIpc) is 2.06. The fraction of sp³-hybridized carbons (Fsp3) is 0.556. The molecular weight excluding hydrogens is 164 g/mol. The molecule has 1 aliphatic carbocycles. The lowest BCUT2D eigenvalue weighted by Crippen LogP contribution is -2.44. The molecule has 0 amide bonds. The van der Waals surface area contributed by atoms with Crippen molar-refractivity contribution in [2.24, 2.45) is 5.73 Å². The van der Waals surface area contributed by atoms with E-state index in [0.717, 1.165) is 18.4 Å². The fourth-order valence-corrected chi connectivity index (χ4v) is 1.43. The lowest BCUT2D eigenvalue weighted by molar-refractivity contribution is 0.372. The molecule has 0 bridgehead atoms. The molecular formula is C9H14N4. The van der Waals surface area contributed by atoms with Gasteiger partial charge in [0, 0.05) is 24.5 Å². The number of nitrogens with two attached hydrogens (primary N) is 1. The number of anilines is 1. The Labute approximate surface area is 77.6 Å². The summed E-state index contributed by atoms with van der Waals surface area (Å²) in [4.78, 5) is 8.32. The van der Waals surface area contributed by atoms with Gasteiger partial charge in [-0.2, -0.15) is 0 Å². The first kappa shape index (κ1) is 8.44. The maximum absolute atomic E-state index is 5.67. The summed E-state index contributed by atoms with van der Waals surface area (Å²) in [5, 5.41) is 3.23. The number of aromatic nitrogens is 2. The van der Waals surface area contributed by atoms with E-state index in [-0.39, 0.29) is 0 Å². The second kappa shape index (κ2) is 3.30. The fourth-order valence-electron chi connectivity index (χ4n) is 1.43. The molecule has 0 atom stereocenters. The quantitative estimate of drug-likeness (QED) is 0.699. The van der Waals surface area contributed by atoms with Crippen molar-refractivity contribution in [1.82, 2.24) is 9.97 Å². The van der Waals surface area contributed by atoms with E-state index in [0.29, 0.717) is 18.0 Å². The van der Waals surface area contributed by atoms with Crippen molar-refractivity contribution >= 4 is 5.95 Å². The maximum atomic E-state index is 5.67. The maximum Gasteiger partial charge on any atom is 0.222 e. The SMILES string of the molecule is Cc1cnc(NC2CC(N)C2)nc1. The lowest BCUT2D eigenvalue weighted by Gasteiger charge is -2.32. The Hall–Kier alpha value is -1.16. The Morgan fingerprint density at radius 3 is 2.54 bits per heavy atom. The molecule has 1 aliphatic rings. The molecule has 4 heteroatoms. The van der Waals surface area contributed by atoms with Crippen molar-refractivity contribution in [1.29, 1.82) is 0 Å². The van der Waals surface area contributed by atoms with Gasteiger partial charge < -0.3 is 11.1 Å². The number of hydrogen-bond donors (Lipinski definition) is 2. The molecule has 1 saturated carbocycles. The van der Waals surface area contributed by atoms with Crippen LogP contribution < -0.4 is 11.1 Å². The predicted octanol–water partition coefficient (Wildman–Crippen LogP) is 0.687. The van der Waals surface area contributed by atoms with Crippen LogP contribution in [0.1, 0.15) is 18.4 Å². The van der Waals surface area contributed by atoms with Gasteiger partial charge >= 0.3 is 0 Å². The van der Waals surface area contributed by atoms with Gasteiger partial charge in [0.15, 0.2) is 0 Å². The molecule has 0 radical (unpaired) electrons. The second-order valence-electron chi connectivity index (χ2n) is 3.66. The van der Waals surface area contributed by atoms with E-state index in [1.54, 1.807) is 0 Å². The first-order chi connectivity index (χ1) is 6.24. The zero-order valence-electron chi connectivity index (χ0n) is 7.70. The van der Waals surface area contributed by atoms with E-state index in [2.05, 4.69) is 15.3 Å². The Balaban J connectivity index is 1.91. The normalized spacial score (nSPS) is 26.6. The Kier molecular flexibility index (Phi) is 2.14. The zero-order chi connectivity index (χ0) is 9.26. The lowest BCUT2D eigenvalue weighted by atomic mass is 9.88. The smallest absolute Gasteiger partial charge is 0.222 e. The third-order valence-electron chi connectivity index (χ3n) is 2.29. The highest BCUT2D eigenvalue weighted by Crippen LogP contribution is 2.20. The molecule has 1 heterocycles. The highest BCUT2D eigenvalue weighted by Gasteiger charge is 2.25. The van der Waals surface area contributed by atoms with E-state index in [1.165, 1.54) is 0 Å². The van der Waals surface area contributed by atoms with Crippen LogP contribution in [0.2, 0.25) is 0 Å². The molecule has 0 spiro atoms. The predicted molar refractivity (Wildman–Crippen MR) is 51.4 cm³/mol. The Bertz CT molecular complexity index is 276. The minimum atomic E-state index is 0.364. The molecule has 2 rings (SSSR count). The van der Waals surface area contributed by atoms with Gasteiger partial charge in [0.1, 0.15) is 0 Å². The summed E-state index contributed by atoms with van der Waals surface area (Å²) in [6, 6.07) is 0.834. The van der Waals surface area contributed by atoms with Crippen molar-refractivity contribution in [2.45, 2.75) is 31.8 Å². The topological polar surface area (TPSA) is 63.8 Å². The number of nitrogens with zero attached hydrogens (tertiary/aromatic N) is 2. The first-order valence-corrected chi connectivity index (χ1v) is 4.55. The van der Waals surface area contributed by atoms with Gasteiger partial charge in [-0.3, -0.25) is 0 Å². The van der Waals surface area contributed by atoms with Gasteiger partial charge in [-0.25, -0.2) is 9.97 Å². The molecule has 1 aromatic heterocycles. The summed E-state index contributed by atoms with van der Waals surface area (Å²) in [5.74, 6) is 0.711. The van der Waals surface area contributed by atoms with Crippen molar-refractivity contribution < 1.29 is 0 Å². The van der Waals surface area contributed by atoms with Crippen LogP contribution in [0.4, 0.5) is 5.95 Å². The summed E-state index contributed by atoms with van der Waals surface area (Å²) in [5.41, 5.74) is 6.75. The molecule has 1 aromatic rings. The number of nitrogens with one attached hydrogen (secondary N) is 1. The zero-order valence-corrected chi connectivity index (χ0v) is 7.70. The Morgan fingerprint density at radius 2 is 2.00 bits per heavy atom. The van der Waals surface area contributed by atoms with E-state index >= 15 is 0 Å². The van der Waals surface area contributed by atoms with Crippen molar-refractivity contribution in [3.63, 3.8) is 0 Å². The van der Waals surface area contributed by atoms with Gasteiger partial charge in [0.2, 0.25) is 5.95 Å². The van der Waals surface area contributed by atoms with Crippen LogP contribution >= 0.6 is 0 Å². The third-order valence-corrected chi connectivity index (χ3v) is 2.29. The number of aryl methyl sites for hydroxylation is 1. The van der Waals surface area contributed by atoms with Crippen LogP contribution in [-0.2, 0) is 0 Å². The molecule has 0 saturated heterocycles. The minimum Gasteiger partial charge on any atom is -0.351 e. The second-order valence-corrected chi connectivity index (χ2v) is 3.66. The molecule has 0 aromatic carbocycles. The van der Waals surface area contributed by atoms with Crippen LogP contribution in [0, 0.1) is 6.92 Å². The molecule has 0 aliphatic heterocycles. The van der Waals surface area contributed by atoms with Crippen molar-refractivity contribution in [2.75, 3.05) is 5.32 Å². The summed E-state index contributed by atoms with van der Waals surface area (Å²) < 4.78 is 0. The van der Waals surface area contributed by atoms with Gasteiger partial charge in [-0.05, 0) is 25.3 Å². The van der Waals surface area contributed by atoms with Crippen LogP contribution in [0.15, 0.2) is 12.4 Å². The van der Waals surface area contributed by atoms with Gasteiger partial charge in [0.05, 0.1) is 0 Å². The third kappa shape index (κ3) is 1.95. The monoisotopic (exact) mass is 178 g/mol. The number of rotatable bonds is 2. The standard InChI is InChI=1S/C9H14N4/c1-6-4-11-9(12-5-6)13-8-2-7(10)3-8/h4-5,7-8H,2-3,10H2,1H3,(H,11,12,13). The highest BCUT2D eigenvalue weighted by atomic mass is 15.1. The first-order valence-electron chi connectivity index (χ1n) is 4.55. The van der Waals surface area contributed by atoms with Crippen LogP contribution in [0.25, 0.3) is 0 Å². The van der Waals surface area contributed by atoms with Crippen LogP contribution in [-0.4, -0.2) is 22.1 Å². The van der Waals surface area contributed by atoms with E-state index in [4.69, 9.17) is 5.73 Å². The minimum absolute atomic E-state index is 0.364. The number of hydrogen-bond acceptors (Lipinski definition) is 4. The van der Waals surface area contributed by atoms with E-state index in [1.807, 2.05) is 19.3 Å². The molecule has 1 fully saturated rings. The molecule has 4 nitrogen and oxygen atoms in total. The summed E-state index contributed by atoms with van der Waals surface area (Å²) >= 11 is 0. The van der Waals surface area contributed by atoms with Gasteiger partial charge in [-0.1, -0.05) is 0 Å². The van der Waals surface area contributed by atoms with Crippen LogP contribution in [0.3, 0.4) is 0 Å². The average molecular weight is 178 g/mol. The van der Waals surface area contributed by atoms with Crippen molar-refractivity contribution in [3.8, 4) is 0 Å². The van der Waals surface area contributed by atoms with Crippen LogP contribution in [0.5, 0.6) is 0 Å². The molecule has 13 heavy (non-hydrogen) atoms. The summed E-state index contributed by atoms with van der Waals surface area (Å²) in [6.45, 7) is 1.98. The molecule has 3 N–H and O–H groups in total. The summed E-state index contributed by atoms with van der Waals surface area (Å²) in [7, 11) is 0. The largest absolute Gasteiger partial charge is 0.351 e. The molecule has 70 valence electrons. The Morgan fingerprint density at radius 1 is 1.38 bits per heavy atom. The van der Waals surface area contributed by atoms with Gasteiger partial charge in [-0.15, -0.1) is 0 Å². The van der Waals surface area contributed by atoms with E-state index in [9.17, 15) is 0 Å². The molecule has 0 unspecified atom stereocenters. The highest BCUT2D eigenvalue weighted by molar-refractivity contribution is 5.27.